The van der Waals surface area contributed by atoms with E-state index in [1.165, 1.54) is 12.1 Å². The van der Waals surface area contributed by atoms with E-state index in [0.29, 0.717) is 18.4 Å². The summed E-state index contributed by atoms with van der Waals surface area (Å²) in [5.74, 6) is 0.629. The van der Waals surface area contributed by atoms with Crippen molar-refractivity contribution in [1.29, 1.82) is 0 Å². The molecule has 190 valence electrons. The molecule has 1 aromatic carbocycles. The van der Waals surface area contributed by atoms with Gasteiger partial charge in [0.15, 0.2) is 0 Å². The second-order valence-electron chi connectivity index (χ2n) is 10.3. The zero-order valence-corrected chi connectivity index (χ0v) is 20.7. The van der Waals surface area contributed by atoms with Crippen molar-refractivity contribution in [3.63, 3.8) is 0 Å². The number of esters is 1. The lowest BCUT2D eigenvalue weighted by molar-refractivity contribution is -0.144. The number of rotatable bonds is 5. The molecule has 1 aliphatic heterocycles. The van der Waals surface area contributed by atoms with Crippen LogP contribution in [0.2, 0.25) is 0 Å². The van der Waals surface area contributed by atoms with Gasteiger partial charge in [-0.1, -0.05) is 24.3 Å². The molecule has 7 atom stereocenters. The highest BCUT2D eigenvalue weighted by Crippen LogP contribution is 2.53. The molecule has 0 bridgehead atoms. The first-order valence-electron chi connectivity index (χ1n) is 13.0. The van der Waals surface area contributed by atoms with Crippen molar-refractivity contribution in [3.8, 4) is 11.1 Å². The van der Waals surface area contributed by atoms with Gasteiger partial charge in [0.2, 0.25) is 0 Å². The van der Waals surface area contributed by atoms with Gasteiger partial charge in [0, 0.05) is 23.7 Å². The highest BCUT2D eigenvalue weighted by molar-refractivity contribution is 5.75. The van der Waals surface area contributed by atoms with Crippen LogP contribution >= 0.6 is 0 Å². The summed E-state index contributed by atoms with van der Waals surface area (Å²) in [4.78, 5) is 29.2. The third kappa shape index (κ3) is 5.01. The van der Waals surface area contributed by atoms with Crippen molar-refractivity contribution >= 4 is 18.1 Å². The predicted molar refractivity (Wildman–Crippen MR) is 134 cm³/mol. The summed E-state index contributed by atoms with van der Waals surface area (Å²) in [6.45, 7) is 4.15. The zero-order chi connectivity index (χ0) is 25.2. The number of cyclic esters (lactones) is 1. The SMILES string of the molecule is CCOC(=O)N[C@@H]1CC[C@@H]2C(CC3C(=O)O[C@H](C)[C@@H]3[C@H]2/C=C/c2ccc(-c3cccc(F)c3)cn2)C1. The van der Waals surface area contributed by atoms with Crippen molar-refractivity contribution in [2.75, 3.05) is 6.61 Å². The van der Waals surface area contributed by atoms with Crippen molar-refractivity contribution < 1.29 is 23.5 Å². The number of pyridine rings is 1. The molecule has 5 rings (SSSR count). The highest BCUT2D eigenvalue weighted by Gasteiger charge is 2.54. The average Bonchev–Trinajstić information content (AvgIpc) is 3.15. The van der Waals surface area contributed by atoms with Crippen LogP contribution in [0, 0.1) is 35.4 Å². The molecule has 2 heterocycles. The summed E-state index contributed by atoms with van der Waals surface area (Å²) in [5, 5.41) is 3.00. The predicted octanol–water partition coefficient (Wildman–Crippen LogP) is 5.63. The number of ether oxygens (including phenoxy) is 2. The molecule has 1 aromatic heterocycles. The van der Waals surface area contributed by atoms with Crippen LogP contribution < -0.4 is 5.32 Å². The number of alkyl carbamates (subject to hydrolysis) is 1. The van der Waals surface area contributed by atoms with Gasteiger partial charge in [-0.05, 0) is 87.1 Å². The molecular formula is C29H33FN2O4. The van der Waals surface area contributed by atoms with Crippen LogP contribution in [0.3, 0.4) is 0 Å². The molecule has 1 amide bonds. The van der Waals surface area contributed by atoms with Gasteiger partial charge in [0.25, 0.3) is 0 Å². The molecule has 1 saturated heterocycles. The maximum atomic E-state index is 13.6. The monoisotopic (exact) mass is 492 g/mol. The second kappa shape index (κ2) is 10.4. The number of allylic oxidation sites excluding steroid dienone is 1. The lowest BCUT2D eigenvalue weighted by Gasteiger charge is -2.47. The third-order valence-corrected chi connectivity index (χ3v) is 8.18. The van der Waals surface area contributed by atoms with E-state index >= 15 is 0 Å². The van der Waals surface area contributed by atoms with E-state index in [4.69, 9.17) is 9.47 Å². The fraction of sp³-hybridized carbons (Fsp3) is 0.483. The van der Waals surface area contributed by atoms with Crippen LogP contribution in [0.5, 0.6) is 0 Å². The van der Waals surface area contributed by atoms with Crippen LogP contribution in [0.25, 0.3) is 17.2 Å². The molecule has 0 spiro atoms. The number of halogens is 1. The summed E-state index contributed by atoms with van der Waals surface area (Å²) in [6, 6.07) is 10.4. The Balaban J connectivity index is 1.34. The first-order valence-corrected chi connectivity index (χ1v) is 13.0. The van der Waals surface area contributed by atoms with Crippen LogP contribution in [-0.4, -0.2) is 35.8 Å². The number of carbonyl (C=O) groups is 2. The highest BCUT2D eigenvalue weighted by atomic mass is 19.1. The Kier molecular flexibility index (Phi) is 7.08. The molecule has 7 heteroatoms. The fourth-order valence-corrected chi connectivity index (χ4v) is 6.64. The quantitative estimate of drug-likeness (QED) is 0.548. The number of nitrogens with one attached hydrogen (secondary N) is 1. The maximum Gasteiger partial charge on any atom is 0.407 e. The van der Waals surface area contributed by atoms with Crippen molar-refractivity contribution in [1.82, 2.24) is 10.3 Å². The van der Waals surface area contributed by atoms with Gasteiger partial charge >= 0.3 is 12.1 Å². The number of carbonyl (C=O) groups excluding carboxylic acids is 2. The van der Waals surface area contributed by atoms with E-state index < -0.39 is 0 Å². The normalized spacial score (nSPS) is 31.4. The summed E-state index contributed by atoms with van der Waals surface area (Å²) in [5.41, 5.74) is 2.48. The van der Waals surface area contributed by atoms with E-state index in [9.17, 15) is 14.0 Å². The van der Waals surface area contributed by atoms with Gasteiger partial charge in [-0.25, -0.2) is 9.18 Å². The van der Waals surface area contributed by atoms with Crippen molar-refractivity contribution in [2.45, 2.75) is 51.7 Å². The van der Waals surface area contributed by atoms with Crippen LogP contribution in [0.4, 0.5) is 9.18 Å². The van der Waals surface area contributed by atoms with Crippen molar-refractivity contribution in [3.05, 3.63) is 60.2 Å². The molecule has 2 aromatic rings. The fourth-order valence-electron chi connectivity index (χ4n) is 6.64. The smallest absolute Gasteiger partial charge is 0.407 e. The van der Waals surface area contributed by atoms with Gasteiger partial charge in [-0.3, -0.25) is 9.78 Å². The number of benzene rings is 1. The summed E-state index contributed by atoms with van der Waals surface area (Å²) < 4.78 is 24.3. The Bertz CT molecular complexity index is 1130. The zero-order valence-electron chi connectivity index (χ0n) is 20.7. The van der Waals surface area contributed by atoms with E-state index in [1.54, 1.807) is 19.2 Å². The first-order chi connectivity index (χ1) is 17.4. The molecule has 2 aliphatic carbocycles. The van der Waals surface area contributed by atoms with Crippen LogP contribution in [-0.2, 0) is 14.3 Å². The van der Waals surface area contributed by atoms with Gasteiger partial charge in [-0.2, -0.15) is 0 Å². The number of amides is 1. The average molecular weight is 493 g/mol. The Labute approximate surface area is 211 Å². The molecule has 3 fully saturated rings. The number of fused-ring (bicyclic) bond motifs is 2. The van der Waals surface area contributed by atoms with E-state index in [0.717, 1.165) is 42.5 Å². The molecule has 2 saturated carbocycles. The minimum atomic E-state index is -0.368. The van der Waals surface area contributed by atoms with Crippen LogP contribution in [0.15, 0.2) is 48.7 Å². The largest absolute Gasteiger partial charge is 0.462 e. The number of nitrogens with zero attached hydrogens (tertiary/aromatic N) is 1. The Hall–Kier alpha value is -3.22. The minimum Gasteiger partial charge on any atom is -0.462 e. The summed E-state index contributed by atoms with van der Waals surface area (Å²) >= 11 is 0. The van der Waals surface area contributed by atoms with E-state index in [1.807, 2.05) is 31.2 Å². The lowest BCUT2D eigenvalue weighted by atomic mass is 9.57. The van der Waals surface area contributed by atoms with Gasteiger partial charge < -0.3 is 14.8 Å². The Morgan fingerprint density at radius 1 is 1.22 bits per heavy atom. The van der Waals surface area contributed by atoms with Gasteiger partial charge in [-0.15, -0.1) is 0 Å². The number of hydrogen-bond acceptors (Lipinski definition) is 5. The molecule has 6 nitrogen and oxygen atoms in total. The Morgan fingerprint density at radius 3 is 2.83 bits per heavy atom. The summed E-state index contributed by atoms with van der Waals surface area (Å²) in [7, 11) is 0. The Morgan fingerprint density at radius 2 is 2.08 bits per heavy atom. The van der Waals surface area contributed by atoms with E-state index in [2.05, 4.69) is 16.4 Å². The molecule has 36 heavy (non-hydrogen) atoms. The number of aromatic nitrogens is 1. The number of hydrogen-bond donors (Lipinski definition) is 1. The molecule has 3 aliphatic rings. The molecule has 0 radical (unpaired) electrons. The molecule has 1 N–H and O–H groups in total. The lowest BCUT2D eigenvalue weighted by Crippen LogP contribution is -2.48. The standard InChI is InChI=1S/C29H33FN2O4/c1-3-35-29(34)32-23-10-11-24-20(14-23)15-26-27(17(2)36-28(26)33)25(24)12-9-22-8-7-19(16-31-22)18-5-4-6-21(30)13-18/h4-9,12-13,16-17,20,23-27H,3,10-11,14-15H2,1-2H3,(H,32,34)/b12-9+/t17-,20?,23-,24-,25+,26?,27-/m1/s1. The topological polar surface area (TPSA) is 77.5 Å². The van der Waals surface area contributed by atoms with Crippen LogP contribution in [0.1, 0.15) is 45.2 Å². The van der Waals surface area contributed by atoms with Gasteiger partial charge in [0.1, 0.15) is 11.9 Å². The van der Waals surface area contributed by atoms with Gasteiger partial charge in [0.05, 0.1) is 18.2 Å². The second-order valence-corrected chi connectivity index (χ2v) is 10.3. The minimum absolute atomic E-state index is 0.0679. The van der Waals surface area contributed by atoms with Crippen molar-refractivity contribution in [2.24, 2.45) is 29.6 Å². The molecular weight excluding hydrogens is 459 g/mol. The summed E-state index contributed by atoms with van der Waals surface area (Å²) in [6.07, 6.45) is 9.07. The van der Waals surface area contributed by atoms with E-state index in [-0.39, 0.29) is 47.8 Å². The first kappa shape index (κ1) is 24.5. The maximum absolute atomic E-state index is 13.6. The third-order valence-electron chi connectivity index (χ3n) is 8.18. The molecule has 2 unspecified atom stereocenters.